The van der Waals surface area contributed by atoms with Gasteiger partial charge in [-0.15, -0.1) is 0 Å². The Hall–Kier alpha value is -2.82. The minimum absolute atomic E-state index is 0.0307. The second-order valence-corrected chi connectivity index (χ2v) is 7.67. The summed E-state index contributed by atoms with van der Waals surface area (Å²) in [5, 5.41) is 2.94. The molecule has 1 unspecified atom stereocenters. The fourth-order valence-electron chi connectivity index (χ4n) is 3.00. The Balaban J connectivity index is 2.11. The van der Waals surface area contributed by atoms with E-state index in [1.807, 2.05) is 68.4 Å². The smallest absolute Gasteiger partial charge is 0.242 e. The molecule has 2 aromatic rings. The number of carbonyl (C=O) groups is 2. The lowest BCUT2D eigenvalue weighted by molar-refractivity contribution is -0.140. The van der Waals surface area contributed by atoms with E-state index in [-0.39, 0.29) is 11.8 Å². The van der Waals surface area contributed by atoms with Gasteiger partial charge in [0, 0.05) is 19.5 Å². The third-order valence-electron chi connectivity index (χ3n) is 4.83. The summed E-state index contributed by atoms with van der Waals surface area (Å²) in [5.74, 6) is 0.963. The van der Waals surface area contributed by atoms with Gasteiger partial charge in [0.15, 0.2) is 0 Å². The average Bonchev–Trinajstić information content (AvgIpc) is 2.74. The van der Waals surface area contributed by atoms with Crippen molar-refractivity contribution < 1.29 is 14.3 Å². The third-order valence-corrected chi connectivity index (χ3v) is 4.83. The van der Waals surface area contributed by atoms with Crippen LogP contribution in [0.1, 0.15) is 38.3 Å². The van der Waals surface area contributed by atoms with Crippen molar-refractivity contribution in [1.82, 2.24) is 10.2 Å². The summed E-state index contributed by atoms with van der Waals surface area (Å²) in [6.45, 7) is 6.86. The van der Waals surface area contributed by atoms with Crippen LogP contribution >= 0.6 is 0 Å². The van der Waals surface area contributed by atoms with Crippen LogP contribution in [-0.4, -0.2) is 36.4 Å². The Morgan fingerprint density at radius 2 is 1.62 bits per heavy atom. The molecule has 156 valence electrons. The number of methoxy groups -OCH3 is 1. The summed E-state index contributed by atoms with van der Waals surface area (Å²) in [5.41, 5.74) is 2.07. The zero-order chi connectivity index (χ0) is 21.2. The number of ether oxygens (including phenoxy) is 1. The Morgan fingerprint density at radius 1 is 0.966 bits per heavy atom. The molecular weight excluding hydrogens is 364 g/mol. The van der Waals surface area contributed by atoms with E-state index in [1.54, 1.807) is 18.9 Å². The average molecular weight is 397 g/mol. The second-order valence-electron chi connectivity index (χ2n) is 7.67. The van der Waals surface area contributed by atoms with Gasteiger partial charge in [0.2, 0.25) is 11.8 Å². The van der Waals surface area contributed by atoms with Gasteiger partial charge in [0.25, 0.3) is 0 Å². The summed E-state index contributed by atoms with van der Waals surface area (Å²) in [6, 6.07) is 17.0. The van der Waals surface area contributed by atoms with Crippen LogP contribution < -0.4 is 10.1 Å². The van der Waals surface area contributed by atoms with E-state index >= 15 is 0 Å². The molecule has 0 aliphatic heterocycles. The van der Waals surface area contributed by atoms with E-state index in [2.05, 4.69) is 5.32 Å². The molecule has 0 aliphatic rings. The van der Waals surface area contributed by atoms with Crippen LogP contribution in [0.15, 0.2) is 54.6 Å². The summed E-state index contributed by atoms with van der Waals surface area (Å²) in [4.78, 5) is 27.3. The van der Waals surface area contributed by atoms with Crippen LogP contribution in [-0.2, 0) is 22.6 Å². The van der Waals surface area contributed by atoms with Crippen LogP contribution in [0, 0.1) is 5.92 Å². The van der Waals surface area contributed by atoms with E-state index < -0.39 is 6.04 Å². The number of nitrogens with zero attached hydrogens (tertiary/aromatic N) is 1. The first-order valence-corrected chi connectivity index (χ1v) is 10.1. The normalized spacial score (nSPS) is 11.8. The van der Waals surface area contributed by atoms with E-state index in [4.69, 9.17) is 4.74 Å². The number of amides is 2. The van der Waals surface area contributed by atoms with Crippen LogP contribution in [0.2, 0.25) is 0 Å². The Bertz CT molecular complexity index is 772. The predicted molar refractivity (Wildman–Crippen MR) is 116 cm³/mol. The highest BCUT2D eigenvalue weighted by molar-refractivity contribution is 5.87. The molecule has 0 fully saturated rings. The van der Waals surface area contributed by atoms with Gasteiger partial charge in [-0.2, -0.15) is 0 Å². The van der Waals surface area contributed by atoms with Gasteiger partial charge in [-0.05, 0) is 42.5 Å². The van der Waals surface area contributed by atoms with Crippen LogP contribution in [0.3, 0.4) is 0 Å². The molecule has 5 heteroatoms. The van der Waals surface area contributed by atoms with Crippen molar-refractivity contribution in [3.8, 4) is 5.75 Å². The molecule has 2 aromatic carbocycles. The molecule has 5 nitrogen and oxygen atoms in total. The molecule has 0 saturated heterocycles. The SMILES string of the molecule is COc1ccc(CN(C(=O)CCc2ccccc2)C(C)C(=O)NCC(C)C)cc1. The van der Waals surface area contributed by atoms with Gasteiger partial charge in [0.05, 0.1) is 7.11 Å². The summed E-state index contributed by atoms with van der Waals surface area (Å²) in [7, 11) is 1.62. The number of hydrogen-bond donors (Lipinski definition) is 1. The Labute approximate surface area is 174 Å². The standard InChI is InChI=1S/C24H32N2O3/c1-18(2)16-25-24(28)19(3)26(17-21-10-13-22(29-4)14-11-21)23(27)15-12-20-8-6-5-7-9-20/h5-11,13-14,18-19H,12,15-17H2,1-4H3,(H,25,28). The predicted octanol–water partition coefficient (Wildman–Crippen LogP) is 3.82. The van der Waals surface area contributed by atoms with Crippen molar-refractivity contribution in [2.45, 2.75) is 46.2 Å². The van der Waals surface area contributed by atoms with Crippen LogP contribution in [0.4, 0.5) is 0 Å². The molecule has 0 spiro atoms. The molecule has 0 heterocycles. The molecule has 0 aliphatic carbocycles. The fraction of sp³-hybridized carbons (Fsp3) is 0.417. The van der Waals surface area contributed by atoms with Crippen molar-refractivity contribution in [2.24, 2.45) is 5.92 Å². The zero-order valence-electron chi connectivity index (χ0n) is 17.9. The lowest BCUT2D eigenvalue weighted by Gasteiger charge is -2.29. The molecule has 1 N–H and O–H groups in total. The largest absolute Gasteiger partial charge is 0.497 e. The van der Waals surface area contributed by atoms with Crippen molar-refractivity contribution in [1.29, 1.82) is 0 Å². The number of hydrogen-bond acceptors (Lipinski definition) is 3. The maximum absolute atomic E-state index is 13.0. The van der Waals surface area contributed by atoms with Crippen molar-refractivity contribution >= 4 is 11.8 Å². The lowest BCUT2D eigenvalue weighted by Crippen LogP contribution is -2.48. The maximum Gasteiger partial charge on any atom is 0.242 e. The number of nitrogens with one attached hydrogen (secondary N) is 1. The van der Waals surface area contributed by atoms with Crippen molar-refractivity contribution in [3.05, 3.63) is 65.7 Å². The number of aryl methyl sites for hydroxylation is 1. The first kappa shape index (κ1) is 22.5. The summed E-state index contributed by atoms with van der Waals surface area (Å²) < 4.78 is 5.20. The highest BCUT2D eigenvalue weighted by Gasteiger charge is 2.25. The fourth-order valence-corrected chi connectivity index (χ4v) is 3.00. The first-order valence-electron chi connectivity index (χ1n) is 10.1. The van der Waals surface area contributed by atoms with E-state index in [9.17, 15) is 9.59 Å². The van der Waals surface area contributed by atoms with Gasteiger partial charge in [-0.25, -0.2) is 0 Å². The third kappa shape index (κ3) is 7.26. The monoisotopic (exact) mass is 396 g/mol. The van der Waals surface area contributed by atoms with Crippen molar-refractivity contribution in [3.63, 3.8) is 0 Å². The Morgan fingerprint density at radius 3 is 2.21 bits per heavy atom. The summed E-state index contributed by atoms with van der Waals surface area (Å²) in [6.07, 6.45) is 1.01. The van der Waals surface area contributed by atoms with Crippen molar-refractivity contribution in [2.75, 3.05) is 13.7 Å². The highest BCUT2D eigenvalue weighted by atomic mass is 16.5. The second kappa shape index (κ2) is 11.2. The molecule has 0 aromatic heterocycles. The molecule has 2 rings (SSSR count). The first-order chi connectivity index (χ1) is 13.9. The molecule has 29 heavy (non-hydrogen) atoms. The minimum Gasteiger partial charge on any atom is -0.497 e. The van der Waals surface area contributed by atoms with E-state index in [0.717, 1.165) is 16.9 Å². The zero-order valence-corrected chi connectivity index (χ0v) is 17.9. The topological polar surface area (TPSA) is 58.6 Å². The minimum atomic E-state index is -0.542. The van der Waals surface area contributed by atoms with Gasteiger partial charge in [0.1, 0.15) is 11.8 Å². The van der Waals surface area contributed by atoms with E-state index in [1.165, 1.54) is 0 Å². The quantitative estimate of drug-likeness (QED) is 0.664. The van der Waals surface area contributed by atoms with Crippen LogP contribution in [0.5, 0.6) is 5.75 Å². The lowest BCUT2D eigenvalue weighted by atomic mass is 10.1. The molecule has 0 bridgehead atoms. The van der Waals surface area contributed by atoms with E-state index in [0.29, 0.717) is 31.8 Å². The van der Waals surface area contributed by atoms with Crippen LogP contribution in [0.25, 0.3) is 0 Å². The molecule has 2 amide bonds. The maximum atomic E-state index is 13.0. The van der Waals surface area contributed by atoms with Gasteiger partial charge < -0.3 is 15.0 Å². The van der Waals surface area contributed by atoms with Gasteiger partial charge in [-0.3, -0.25) is 9.59 Å². The Kier molecular flexibility index (Phi) is 8.71. The van der Waals surface area contributed by atoms with Gasteiger partial charge >= 0.3 is 0 Å². The molecule has 0 saturated carbocycles. The molecule has 1 atom stereocenters. The number of carbonyl (C=O) groups excluding carboxylic acids is 2. The van der Waals surface area contributed by atoms with Gasteiger partial charge in [-0.1, -0.05) is 56.3 Å². The number of rotatable bonds is 10. The summed E-state index contributed by atoms with van der Waals surface area (Å²) >= 11 is 0. The highest BCUT2D eigenvalue weighted by Crippen LogP contribution is 2.16. The molecular formula is C24H32N2O3. The molecule has 0 radical (unpaired) electrons. The number of benzene rings is 2.